The standard InChI is InChI=1S/C18H12BrClO2/c19-13-5-4-8-16(11-13)22-17-10-9-14(20)12-18(17)21-15-6-2-1-3-7-15/h1-12H. The van der Waals surface area contributed by atoms with Crippen LogP contribution in [0.5, 0.6) is 23.0 Å². The lowest BCUT2D eigenvalue weighted by atomic mass is 10.3. The number of hydrogen-bond donors (Lipinski definition) is 0. The molecule has 0 amide bonds. The van der Waals surface area contributed by atoms with Crippen molar-refractivity contribution in [3.8, 4) is 23.0 Å². The molecule has 0 fully saturated rings. The van der Waals surface area contributed by atoms with Gasteiger partial charge in [-0.3, -0.25) is 0 Å². The minimum atomic E-state index is 0.568. The minimum absolute atomic E-state index is 0.568. The van der Waals surface area contributed by atoms with Gasteiger partial charge in [0.25, 0.3) is 0 Å². The van der Waals surface area contributed by atoms with Gasteiger partial charge in [0.15, 0.2) is 11.5 Å². The van der Waals surface area contributed by atoms with Crippen LogP contribution in [-0.4, -0.2) is 0 Å². The van der Waals surface area contributed by atoms with E-state index in [4.69, 9.17) is 21.1 Å². The van der Waals surface area contributed by atoms with Crippen LogP contribution in [0.15, 0.2) is 77.3 Å². The first-order chi connectivity index (χ1) is 10.7. The second kappa shape index (κ2) is 6.86. The predicted molar refractivity (Wildman–Crippen MR) is 92.2 cm³/mol. The molecule has 0 saturated carbocycles. The molecular formula is C18H12BrClO2. The zero-order valence-corrected chi connectivity index (χ0v) is 13.8. The van der Waals surface area contributed by atoms with Gasteiger partial charge in [0.05, 0.1) is 0 Å². The fourth-order valence-electron chi connectivity index (χ4n) is 1.92. The van der Waals surface area contributed by atoms with E-state index in [1.54, 1.807) is 18.2 Å². The summed E-state index contributed by atoms with van der Waals surface area (Å²) in [5.41, 5.74) is 0. The molecule has 4 heteroatoms. The summed E-state index contributed by atoms with van der Waals surface area (Å²) in [6.45, 7) is 0. The first-order valence-electron chi connectivity index (χ1n) is 6.66. The van der Waals surface area contributed by atoms with E-state index < -0.39 is 0 Å². The molecule has 0 bridgehead atoms. The van der Waals surface area contributed by atoms with E-state index in [2.05, 4.69) is 15.9 Å². The predicted octanol–water partition coefficient (Wildman–Crippen LogP) is 6.69. The van der Waals surface area contributed by atoms with E-state index in [-0.39, 0.29) is 0 Å². The SMILES string of the molecule is Clc1ccc(Oc2cccc(Br)c2)c(Oc2ccccc2)c1. The van der Waals surface area contributed by atoms with Gasteiger partial charge < -0.3 is 9.47 Å². The van der Waals surface area contributed by atoms with E-state index in [0.717, 1.165) is 16.0 Å². The van der Waals surface area contributed by atoms with Gasteiger partial charge in [-0.25, -0.2) is 0 Å². The van der Waals surface area contributed by atoms with Crippen molar-refractivity contribution in [1.29, 1.82) is 0 Å². The average Bonchev–Trinajstić information content (AvgIpc) is 2.51. The van der Waals surface area contributed by atoms with Gasteiger partial charge in [-0.15, -0.1) is 0 Å². The summed E-state index contributed by atoms with van der Waals surface area (Å²) in [4.78, 5) is 0. The fourth-order valence-corrected chi connectivity index (χ4v) is 2.46. The maximum Gasteiger partial charge on any atom is 0.171 e. The monoisotopic (exact) mass is 374 g/mol. The molecule has 110 valence electrons. The molecule has 0 spiro atoms. The van der Waals surface area contributed by atoms with Crippen molar-refractivity contribution >= 4 is 27.5 Å². The zero-order valence-electron chi connectivity index (χ0n) is 11.5. The molecule has 3 rings (SSSR count). The number of hydrogen-bond acceptors (Lipinski definition) is 2. The van der Waals surface area contributed by atoms with E-state index in [1.165, 1.54) is 0 Å². The van der Waals surface area contributed by atoms with Crippen LogP contribution in [0.2, 0.25) is 5.02 Å². The van der Waals surface area contributed by atoms with Crippen molar-refractivity contribution in [3.63, 3.8) is 0 Å². The number of benzene rings is 3. The Morgan fingerprint density at radius 3 is 2.18 bits per heavy atom. The first kappa shape index (κ1) is 14.9. The van der Waals surface area contributed by atoms with Crippen LogP contribution >= 0.6 is 27.5 Å². The molecule has 0 atom stereocenters. The van der Waals surface area contributed by atoms with E-state index in [1.807, 2.05) is 54.6 Å². The molecule has 0 unspecified atom stereocenters. The third-order valence-electron chi connectivity index (χ3n) is 2.90. The molecule has 2 nitrogen and oxygen atoms in total. The fraction of sp³-hybridized carbons (Fsp3) is 0. The van der Waals surface area contributed by atoms with Crippen LogP contribution in [0.3, 0.4) is 0 Å². The highest BCUT2D eigenvalue weighted by atomic mass is 79.9. The van der Waals surface area contributed by atoms with Gasteiger partial charge in [-0.2, -0.15) is 0 Å². The van der Waals surface area contributed by atoms with Gasteiger partial charge in [-0.05, 0) is 42.5 Å². The number of ether oxygens (including phenoxy) is 2. The Balaban J connectivity index is 1.90. The van der Waals surface area contributed by atoms with Crippen molar-refractivity contribution in [2.24, 2.45) is 0 Å². The molecule has 3 aromatic carbocycles. The summed E-state index contributed by atoms with van der Waals surface area (Å²) < 4.78 is 12.7. The van der Waals surface area contributed by atoms with Crippen LogP contribution in [0.25, 0.3) is 0 Å². The van der Waals surface area contributed by atoms with Crippen LogP contribution in [0.1, 0.15) is 0 Å². The lowest BCUT2D eigenvalue weighted by Gasteiger charge is -2.13. The van der Waals surface area contributed by atoms with Gasteiger partial charge in [0.2, 0.25) is 0 Å². The van der Waals surface area contributed by atoms with Gasteiger partial charge in [0.1, 0.15) is 11.5 Å². The Morgan fingerprint density at radius 1 is 0.682 bits per heavy atom. The minimum Gasteiger partial charge on any atom is -0.453 e. The maximum atomic E-state index is 6.07. The molecular weight excluding hydrogens is 364 g/mol. The summed E-state index contributed by atoms with van der Waals surface area (Å²) in [6, 6.07) is 22.4. The Labute approximate surface area is 142 Å². The lowest BCUT2D eigenvalue weighted by Crippen LogP contribution is -1.90. The summed E-state index contributed by atoms with van der Waals surface area (Å²) in [5, 5.41) is 0.590. The van der Waals surface area contributed by atoms with Crippen molar-refractivity contribution in [2.75, 3.05) is 0 Å². The molecule has 0 aromatic heterocycles. The highest BCUT2D eigenvalue weighted by Gasteiger charge is 2.09. The summed E-state index contributed by atoms with van der Waals surface area (Å²) in [6.07, 6.45) is 0. The number of halogens is 2. The Morgan fingerprint density at radius 2 is 1.41 bits per heavy atom. The summed E-state index contributed by atoms with van der Waals surface area (Å²) in [7, 11) is 0. The molecule has 0 aliphatic carbocycles. The van der Waals surface area contributed by atoms with E-state index >= 15 is 0 Å². The van der Waals surface area contributed by atoms with Crippen molar-refractivity contribution in [3.05, 3.63) is 82.3 Å². The van der Waals surface area contributed by atoms with E-state index in [9.17, 15) is 0 Å². The third-order valence-corrected chi connectivity index (χ3v) is 3.63. The molecule has 0 saturated heterocycles. The molecule has 0 heterocycles. The topological polar surface area (TPSA) is 18.5 Å². The Kier molecular flexibility index (Phi) is 4.66. The third kappa shape index (κ3) is 3.81. The molecule has 0 N–H and O–H groups in total. The molecule has 0 aliphatic rings. The second-order valence-electron chi connectivity index (χ2n) is 4.57. The van der Waals surface area contributed by atoms with E-state index in [0.29, 0.717) is 16.5 Å². The second-order valence-corrected chi connectivity index (χ2v) is 5.92. The first-order valence-corrected chi connectivity index (χ1v) is 7.84. The van der Waals surface area contributed by atoms with Crippen LogP contribution in [0.4, 0.5) is 0 Å². The maximum absolute atomic E-state index is 6.07. The van der Waals surface area contributed by atoms with Crippen molar-refractivity contribution in [2.45, 2.75) is 0 Å². The largest absolute Gasteiger partial charge is 0.453 e. The molecule has 3 aromatic rings. The smallest absolute Gasteiger partial charge is 0.171 e. The van der Waals surface area contributed by atoms with Gasteiger partial charge >= 0.3 is 0 Å². The van der Waals surface area contributed by atoms with Crippen LogP contribution < -0.4 is 9.47 Å². The number of rotatable bonds is 4. The number of para-hydroxylation sites is 1. The van der Waals surface area contributed by atoms with Gasteiger partial charge in [0, 0.05) is 15.6 Å². The quantitative estimate of drug-likeness (QED) is 0.506. The Hall–Kier alpha value is -1.97. The molecule has 22 heavy (non-hydrogen) atoms. The average molecular weight is 376 g/mol. The van der Waals surface area contributed by atoms with Crippen molar-refractivity contribution < 1.29 is 9.47 Å². The zero-order chi connectivity index (χ0) is 15.4. The van der Waals surface area contributed by atoms with Gasteiger partial charge in [-0.1, -0.05) is 51.8 Å². The van der Waals surface area contributed by atoms with Crippen LogP contribution in [0, 0.1) is 0 Å². The molecule has 0 radical (unpaired) electrons. The highest BCUT2D eigenvalue weighted by Crippen LogP contribution is 2.37. The van der Waals surface area contributed by atoms with Crippen molar-refractivity contribution in [1.82, 2.24) is 0 Å². The summed E-state index contributed by atoms with van der Waals surface area (Å²) >= 11 is 9.50. The summed E-state index contributed by atoms with van der Waals surface area (Å²) in [5.74, 6) is 2.61. The molecule has 0 aliphatic heterocycles. The lowest BCUT2D eigenvalue weighted by molar-refractivity contribution is 0.418. The normalized spacial score (nSPS) is 10.3. The Bertz CT molecular complexity index is 775. The van der Waals surface area contributed by atoms with Crippen LogP contribution in [-0.2, 0) is 0 Å². The highest BCUT2D eigenvalue weighted by molar-refractivity contribution is 9.10.